The first-order chi connectivity index (χ1) is 17.8. The molecule has 6 nitrogen and oxygen atoms in total. The molecule has 10 heteroatoms. The summed E-state index contributed by atoms with van der Waals surface area (Å²) >= 11 is 0. The predicted octanol–water partition coefficient (Wildman–Crippen LogP) is 5.90. The molecule has 198 valence electrons. The molecular weight excluding hydrogens is 517 g/mol. The summed E-state index contributed by atoms with van der Waals surface area (Å²) < 4.78 is 41.0. The number of piperazine rings is 1. The molecule has 5 rings (SSSR count). The molecule has 38 heavy (non-hydrogen) atoms. The second-order valence-electron chi connectivity index (χ2n) is 9.03. The SMILES string of the molecule is C[C@H]1CN(c2nnc(-c3ccccc3)c3ccccc23)CCN1C(=O)Cc1ccc(OC(F)(F)F)cc1.Cl. The van der Waals surface area contributed by atoms with Crippen LogP contribution in [-0.2, 0) is 11.2 Å². The monoisotopic (exact) mass is 542 g/mol. The molecule has 3 aromatic carbocycles. The average molecular weight is 543 g/mol. The maximum absolute atomic E-state index is 13.0. The molecular formula is C28H26ClF3N4O2. The molecule has 1 amide bonds. The van der Waals surface area contributed by atoms with E-state index in [1.807, 2.05) is 66.4 Å². The minimum Gasteiger partial charge on any atom is -0.406 e. The molecule has 1 aliphatic heterocycles. The summed E-state index contributed by atoms with van der Waals surface area (Å²) in [4.78, 5) is 17.0. The summed E-state index contributed by atoms with van der Waals surface area (Å²) in [5.41, 5.74) is 2.45. The van der Waals surface area contributed by atoms with Crippen LogP contribution in [0.5, 0.6) is 5.75 Å². The quantitative estimate of drug-likeness (QED) is 0.314. The number of rotatable bonds is 5. The van der Waals surface area contributed by atoms with Gasteiger partial charge in [0, 0.05) is 42.0 Å². The third kappa shape index (κ3) is 5.99. The number of aromatic nitrogens is 2. The van der Waals surface area contributed by atoms with Crippen LogP contribution in [0.25, 0.3) is 22.0 Å². The van der Waals surface area contributed by atoms with Crippen LogP contribution in [0.4, 0.5) is 19.0 Å². The van der Waals surface area contributed by atoms with Gasteiger partial charge in [-0.05, 0) is 24.6 Å². The van der Waals surface area contributed by atoms with Gasteiger partial charge in [-0.2, -0.15) is 0 Å². The molecule has 0 N–H and O–H groups in total. The smallest absolute Gasteiger partial charge is 0.406 e. The second-order valence-corrected chi connectivity index (χ2v) is 9.03. The fourth-order valence-electron chi connectivity index (χ4n) is 4.74. The van der Waals surface area contributed by atoms with Crippen molar-refractivity contribution >= 4 is 34.9 Å². The number of halogens is 4. The van der Waals surface area contributed by atoms with Crippen LogP contribution >= 0.6 is 12.4 Å². The Balaban J connectivity index is 0.00000336. The highest BCUT2D eigenvalue weighted by molar-refractivity contribution is 6.00. The van der Waals surface area contributed by atoms with Crippen LogP contribution in [0.3, 0.4) is 0 Å². The van der Waals surface area contributed by atoms with Gasteiger partial charge in [-0.15, -0.1) is 35.8 Å². The summed E-state index contributed by atoms with van der Waals surface area (Å²) in [5.74, 6) is 0.402. The highest BCUT2D eigenvalue weighted by Crippen LogP contribution is 2.32. The van der Waals surface area contributed by atoms with Crippen LogP contribution in [0.2, 0.25) is 0 Å². The Morgan fingerprint density at radius 1 is 0.921 bits per heavy atom. The molecule has 2 heterocycles. The van der Waals surface area contributed by atoms with Gasteiger partial charge in [-0.25, -0.2) is 0 Å². The number of amides is 1. The Labute approximate surface area is 224 Å². The molecule has 1 aliphatic rings. The van der Waals surface area contributed by atoms with Crippen molar-refractivity contribution in [3.63, 3.8) is 0 Å². The number of carbonyl (C=O) groups is 1. The van der Waals surface area contributed by atoms with Crippen LogP contribution < -0.4 is 9.64 Å². The van der Waals surface area contributed by atoms with Crippen molar-refractivity contribution < 1.29 is 22.7 Å². The van der Waals surface area contributed by atoms with Crippen LogP contribution in [0.1, 0.15) is 12.5 Å². The average Bonchev–Trinajstić information content (AvgIpc) is 2.88. The van der Waals surface area contributed by atoms with E-state index in [0.29, 0.717) is 25.2 Å². The van der Waals surface area contributed by atoms with E-state index in [0.717, 1.165) is 27.8 Å². The highest BCUT2D eigenvalue weighted by atomic mass is 35.5. The zero-order valence-corrected chi connectivity index (χ0v) is 21.4. The molecule has 0 saturated carbocycles. The zero-order chi connectivity index (χ0) is 26.0. The van der Waals surface area contributed by atoms with E-state index in [1.165, 1.54) is 24.3 Å². The van der Waals surface area contributed by atoms with Crippen molar-refractivity contribution in [1.82, 2.24) is 15.1 Å². The molecule has 0 unspecified atom stereocenters. The topological polar surface area (TPSA) is 58.6 Å². The van der Waals surface area contributed by atoms with Gasteiger partial charge in [0.2, 0.25) is 5.91 Å². The summed E-state index contributed by atoms with van der Waals surface area (Å²) in [7, 11) is 0. The third-order valence-corrected chi connectivity index (χ3v) is 6.47. The minimum absolute atomic E-state index is 0. The number of benzene rings is 3. The first kappa shape index (κ1) is 27.2. The normalized spacial score (nSPS) is 15.7. The molecule has 1 fully saturated rings. The Hall–Kier alpha value is -3.85. The summed E-state index contributed by atoms with van der Waals surface area (Å²) in [6.07, 6.45) is -4.64. The number of fused-ring (bicyclic) bond motifs is 1. The Morgan fingerprint density at radius 3 is 2.24 bits per heavy atom. The first-order valence-electron chi connectivity index (χ1n) is 12.0. The minimum atomic E-state index is -4.75. The van der Waals surface area contributed by atoms with Gasteiger partial charge in [-0.1, -0.05) is 66.7 Å². The number of hydrogen-bond acceptors (Lipinski definition) is 5. The molecule has 1 atom stereocenters. The van der Waals surface area contributed by atoms with Crippen molar-refractivity contribution in [2.75, 3.05) is 24.5 Å². The standard InChI is InChI=1S/C28H25F3N4O2.ClH/c1-19-18-34(15-16-35(19)25(36)17-20-11-13-22(14-12-20)37-28(29,30)31)27-24-10-6-5-9-23(24)26(32-33-27)21-7-3-2-4-8-21;/h2-14,19H,15-18H2,1H3;1H/t19-;/m0./s1. The van der Waals surface area contributed by atoms with E-state index in [4.69, 9.17) is 0 Å². The maximum Gasteiger partial charge on any atom is 0.573 e. The number of carbonyl (C=O) groups excluding carboxylic acids is 1. The lowest BCUT2D eigenvalue weighted by atomic mass is 10.0. The van der Waals surface area contributed by atoms with E-state index < -0.39 is 6.36 Å². The van der Waals surface area contributed by atoms with Gasteiger partial charge in [0.15, 0.2) is 5.82 Å². The molecule has 1 aromatic heterocycles. The summed E-state index contributed by atoms with van der Waals surface area (Å²) in [5, 5.41) is 11.2. The number of alkyl halides is 3. The largest absolute Gasteiger partial charge is 0.573 e. The van der Waals surface area contributed by atoms with Crippen molar-refractivity contribution in [1.29, 1.82) is 0 Å². The fourth-order valence-corrected chi connectivity index (χ4v) is 4.74. The van der Waals surface area contributed by atoms with Gasteiger partial charge in [0.1, 0.15) is 11.4 Å². The first-order valence-corrected chi connectivity index (χ1v) is 12.0. The Morgan fingerprint density at radius 2 is 1.58 bits per heavy atom. The lowest BCUT2D eigenvalue weighted by Crippen LogP contribution is -2.54. The second kappa shape index (κ2) is 11.3. The van der Waals surface area contributed by atoms with E-state index >= 15 is 0 Å². The third-order valence-electron chi connectivity index (χ3n) is 6.47. The van der Waals surface area contributed by atoms with Crippen molar-refractivity contribution in [3.8, 4) is 17.0 Å². The molecule has 0 radical (unpaired) electrons. The summed E-state index contributed by atoms with van der Waals surface area (Å²) in [6.45, 7) is 3.68. The fraction of sp³-hybridized carbons (Fsp3) is 0.250. The summed E-state index contributed by atoms with van der Waals surface area (Å²) in [6, 6.07) is 23.3. The molecule has 0 aliphatic carbocycles. The van der Waals surface area contributed by atoms with Crippen molar-refractivity contribution in [2.24, 2.45) is 0 Å². The van der Waals surface area contributed by atoms with Gasteiger partial charge in [-0.3, -0.25) is 4.79 Å². The van der Waals surface area contributed by atoms with Crippen molar-refractivity contribution in [3.05, 3.63) is 84.4 Å². The number of nitrogens with zero attached hydrogens (tertiary/aromatic N) is 4. The van der Waals surface area contributed by atoms with Crippen LogP contribution in [0, 0.1) is 0 Å². The molecule has 0 spiro atoms. The van der Waals surface area contributed by atoms with E-state index in [2.05, 4.69) is 19.8 Å². The van der Waals surface area contributed by atoms with Gasteiger partial charge >= 0.3 is 6.36 Å². The van der Waals surface area contributed by atoms with E-state index in [9.17, 15) is 18.0 Å². The number of hydrogen-bond donors (Lipinski definition) is 0. The molecule has 1 saturated heterocycles. The van der Waals surface area contributed by atoms with Gasteiger partial charge in [0.05, 0.1) is 6.42 Å². The maximum atomic E-state index is 13.0. The van der Waals surface area contributed by atoms with Crippen molar-refractivity contribution in [2.45, 2.75) is 25.7 Å². The zero-order valence-electron chi connectivity index (χ0n) is 20.6. The van der Waals surface area contributed by atoms with Gasteiger partial charge < -0.3 is 14.5 Å². The number of ether oxygens (including phenoxy) is 1. The lowest BCUT2D eigenvalue weighted by molar-refractivity contribution is -0.274. The Kier molecular flexibility index (Phi) is 8.06. The predicted molar refractivity (Wildman–Crippen MR) is 142 cm³/mol. The van der Waals surface area contributed by atoms with Crippen LogP contribution in [0.15, 0.2) is 78.9 Å². The van der Waals surface area contributed by atoms with Crippen LogP contribution in [-0.4, -0.2) is 53.0 Å². The lowest BCUT2D eigenvalue weighted by Gasteiger charge is -2.40. The highest BCUT2D eigenvalue weighted by Gasteiger charge is 2.31. The Bertz CT molecular complexity index is 1400. The van der Waals surface area contributed by atoms with Gasteiger partial charge in [0.25, 0.3) is 0 Å². The molecule has 0 bridgehead atoms. The van der Waals surface area contributed by atoms with E-state index in [-0.39, 0.29) is 36.5 Å². The molecule has 4 aromatic rings. The van der Waals surface area contributed by atoms with E-state index in [1.54, 1.807) is 0 Å². The number of anilines is 1.